The van der Waals surface area contributed by atoms with Crippen molar-refractivity contribution in [2.75, 3.05) is 13.2 Å². The molecule has 0 spiro atoms. The van der Waals surface area contributed by atoms with Gasteiger partial charge in [0, 0.05) is 0 Å². The average Bonchev–Trinajstić information content (AvgIpc) is 2.25. The van der Waals surface area contributed by atoms with Gasteiger partial charge in [-0.3, -0.25) is 0 Å². The smallest absolute Gasteiger partial charge is 0.339 e. The second kappa shape index (κ2) is 5.78. The van der Waals surface area contributed by atoms with Crippen molar-refractivity contribution in [3.05, 3.63) is 35.6 Å². The van der Waals surface area contributed by atoms with E-state index in [1.54, 1.807) is 0 Å². The second-order valence-electron chi connectivity index (χ2n) is 2.59. The Morgan fingerprint density at radius 2 is 2.00 bits per heavy atom. The summed E-state index contributed by atoms with van der Waals surface area (Å²) in [5.41, 5.74) is 0.266. The van der Waals surface area contributed by atoms with Crippen LogP contribution in [0.5, 0.6) is 0 Å². The molecule has 0 unspecified atom stereocenters. The van der Waals surface area contributed by atoms with Crippen LogP contribution in [-0.2, 0) is 4.74 Å². The van der Waals surface area contributed by atoms with Gasteiger partial charge in [-0.25, -0.2) is 9.18 Å². The van der Waals surface area contributed by atoms with Gasteiger partial charge in [-0.1, -0.05) is 11.8 Å². The maximum absolute atomic E-state index is 12.5. The summed E-state index contributed by atoms with van der Waals surface area (Å²) >= 11 is 0. The van der Waals surface area contributed by atoms with Crippen molar-refractivity contribution >= 4 is 5.97 Å². The van der Waals surface area contributed by atoms with Crippen LogP contribution in [0.2, 0.25) is 0 Å². The number of rotatable bonds is 2. The SMILES string of the molecule is O=C(OCC#CCO)c1ccc(F)cc1. The third kappa shape index (κ3) is 3.79. The lowest BCUT2D eigenvalue weighted by atomic mass is 10.2. The van der Waals surface area contributed by atoms with Crippen LogP contribution in [0.4, 0.5) is 4.39 Å². The zero-order valence-electron chi connectivity index (χ0n) is 7.87. The van der Waals surface area contributed by atoms with E-state index in [-0.39, 0.29) is 18.8 Å². The van der Waals surface area contributed by atoms with E-state index < -0.39 is 11.8 Å². The highest BCUT2D eigenvalue weighted by Crippen LogP contribution is 2.03. The Labute approximate surface area is 86.5 Å². The quantitative estimate of drug-likeness (QED) is 0.582. The van der Waals surface area contributed by atoms with Gasteiger partial charge in [-0.05, 0) is 24.3 Å². The van der Waals surface area contributed by atoms with Gasteiger partial charge in [0.05, 0.1) is 5.56 Å². The van der Waals surface area contributed by atoms with E-state index in [1.807, 2.05) is 0 Å². The van der Waals surface area contributed by atoms with Crippen molar-refractivity contribution in [3.63, 3.8) is 0 Å². The van der Waals surface area contributed by atoms with Crippen LogP contribution < -0.4 is 0 Å². The van der Waals surface area contributed by atoms with Crippen molar-refractivity contribution in [1.29, 1.82) is 0 Å². The number of carbonyl (C=O) groups excluding carboxylic acids is 1. The molecule has 4 heteroatoms. The molecule has 0 bridgehead atoms. The number of ether oxygens (including phenoxy) is 1. The van der Waals surface area contributed by atoms with Gasteiger partial charge in [0.2, 0.25) is 0 Å². The summed E-state index contributed by atoms with van der Waals surface area (Å²) in [5, 5.41) is 8.32. The van der Waals surface area contributed by atoms with Crippen LogP contribution in [0.15, 0.2) is 24.3 Å². The standard InChI is InChI=1S/C11H9FO3/c12-10-5-3-9(4-6-10)11(14)15-8-2-1-7-13/h3-6,13H,7-8H2. The maximum atomic E-state index is 12.5. The van der Waals surface area contributed by atoms with Gasteiger partial charge < -0.3 is 9.84 Å². The minimum Gasteiger partial charge on any atom is -0.449 e. The molecule has 0 aliphatic rings. The van der Waals surface area contributed by atoms with E-state index >= 15 is 0 Å². The molecule has 0 amide bonds. The van der Waals surface area contributed by atoms with Crippen LogP contribution >= 0.6 is 0 Å². The fourth-order valence-corrected chi connectivity index (χ4v) is 0.878. The highest BCUT2D eigenvalue weighted by atomic mass is 19.1. The molecule has 0 atom stereocenters. The van der Waals surface area contributed by atoms with Crippen LogP contribution in [0, 0.1) is 17.7 Å². The largest absolute Gasteiger partial charge is 0.449 e. The number of hydrogen-bond donors (Lipinski definition) is 1. The predicted molar refractivity (Wildman–Crippen MR) is 51.5 cm³/mol. The van der Waals surface area contributed by atoms with Crippen molar-refractivity contribution in [1.82, 2.24) is 0 Å². The Bertz CT molecular complexity index is 387. The lowest BCUT2D eigenvalue weighted by Gasteiger charge is -1.99. The first-order chi connectivity index (χ1) is 7.24. The number of esters is 1. The average molecular weight is 208 g/mol. The number of benzene rings is 1. The lowest BCUT2D eigenvalue weighted by Crippen LogP contribution is -2.05. The van der Waals surface area contributed by atoms with Gasteiger partial charge in [0.25, 0.3) is 0 Å². The number of aliphatic hydroxyl groups excluding tert-OH is 1. The first-order valence-corrected chi connectivity index (χ1v) is 4.23. The van der Waals surface area contributed by atoms with Crippen molar-refractivity contribution in [3.8, 4) is 11.8 Å². The molecule has 1 N–H and O–H groups in total. The van der Waals surface area contributed by atoms with Crippen LogP contribution in [0.3, 0.4) is 0 Å². The van der Waals surface area contributed by atoms with E-state index in [2.05, 4.69) is 11.8 Å². The van der Waals surface area contributed by atoms with Crippen LogP contribution in [0.1, 0.15) is 10.4 Å². The minimum absolute atomic E-state index is 0.0865. The number of hydrogen-bond acceptors (Lipinski definition) is 3. The molecule has 0 saturated carbocycles. The molecule has 1 aromatic rings. The van der Waals surface area contributed by atoms with Crippen LogP contribution in [-0.4, -0.2) is 24.3 Å². The molecule has 78 valence electrons. The van der Waals surface area contributed by atoms with Gasteiger partial charge in [0.1, 0.15) is 12.4 Å². The summed E-state index contributed by atoms with van der Waals surface area (Å²) in [4.78, 5) is 11.2. The fraction of sp³-hybridized carbons (Fsp3) is 0.182. The van der Waals surface area contributed by atoms with Crippen LogP contribution in [0.25, 0.3) is 0 Å². The molecule has 15 heavy (non-hydrogen) atoms. The van der Waals surface area contributed by atoms with Gasteiger partial charge in [-0.2, -0.15) is 0 Å². The number of aliphatic hydroxyl groups is 1. The Hall–Kier alpha value is -1.86. The highest BCUT2D eigenvalue weighted by molar-refractivity contribution is 5.89. The van der Waals surface area contributed by atoms with E-state index in [1.165, 1.54) is 24.3 Å². The number of halogens is 1. The molecule has 1 aromatic carbocycles. The van der Waals surface area contributed by atoms with E-state index in [4.69, 9.17) is 9.84 Å². The third-order valence-corrected chi connectivity index (χ3v) is 1.56. The topological polar surface area (TPSA) is 46.5 Å². The molecule has 0 radical (unpaired) electrons. The normalized spacial score (nSPS) is 8.93. The van der Waals surface area contributed by atoms with Gasteiger partial charge in [0.15, 0.2) is 6.61 Å². The van der Waals surface area contributed by atoms with E-state index in [0.717, 1.165) is 0 Å². The maximum Gasteiger partial charge on any atom is 0.339 e. The van der Waals surface area contributed by atoms with Crippen molar-refractivity contribution < 1.29 is 19.0 Å². The molecule has 0 saturated heterocycles. The second-order valence-corrected chi connectivity index (χ2v) is 2.59. The first-order valence-electron chi connectivity index (χ1n) is 4.23. The predicted octanol–water partition coefficient (Wildman–Crippen LogP) is 0.978. The van der Waals surface area contributed by atoms with Gasteiger partial charge in [-0.15, -0.1) is 0 Å². The summed E-state index contributed by atoms with van der Waals surface area (Å²) in [5.74, 6) is 3.78. The van der Waals surface area contributed by atoms with Gasteiger partial charge >= 0.3 is 5.97 Å². The zero-order chi connectivity index (χ0) is 11.1. The highest BCUT2D eigenvalue weighted by Gasteiger charge is 2.05. The molecular weight excluding hydrogens is 199 g/mol. The first kappa shape index (κ1) is 11.2. The summed E-state index contributed by atoms with van der Waals surface area (Å²) in [6.07, 6.45) is 0. The van der Waals surface area contributed by atoms with Crippen molar-refractivity contribution in [2.45, 2.75) is 0 Å². The molecule has 0 fully saturated rings. The summed E-state index contributed by atoms with van der Waals surface area (Å²) in [6.45, 7) is -0.356. The fourth-order valence-electron chi connectivity index (χ4n) is 0.878. The molecule has 0 aromatic heterocycles. The monoisotopic (exact) mass is 208 g/mol. The van der Waals surface area contributed by atoms with E-state index in [9.17, 15) is 9.18 Å². The zero-order valence-corrected chi connectivity index (χ0v) is 7.87. The lowest BCUT2D eigenvalue weighted by molar-refractivity contribution is 0.0556. The molecule has 1 rings (SSSR count). The third-order valence-electron chi connectivity index (χ3n) is 1.56. The Balaban J connectivity index is 2.50. The van der Waals surface area contributed by atoms with Crippen molar-refractivity contribution in [2.24, 2.45) is 0 Å². The minimum atomic E-state index is -0.567. The Morgan fingerprint density at radius 3 is 2.60 bits per heavy atom. The number of carbonyl (C=O) groups is 1. The Kier molecular flexibility index (Phi) is 4.32. The summed E-state index contributed by atoms with van der Waals surface area (Å²) in [7, 11) is 0. The van der Waals surface area contributed by atoms with E-state index in [0.29, 0.717) is 0 Å². The summed E-state index contributed by atoms with van der Waals surface area (Å²) < 4.78 is 17.2. The molecular formula is C11H9FO3. The summed E-state index contributed by atoms with van der Waals surface area (Å²) in [6, 6.07) is 5.01. The molecule has 0 aliphatic heterocycles. The molecule has 0 aliphatic carbocycles. The molecule has 3 nitrogen and oxygen atoms in total. The Morgan fingerprint density at radius 1 is 1.33 bits per heavy atom. The molecule has 0 heterocycles.